The van der Waals surface area contributed by atoms with E-state index in [9.17, 15) is 23.3 Å². The van der Waals surface area contributed by atoms with E-state index in [-0.39, 0.29) is 23.2 Å². The van der Waals surface area contributed by atoms with E-state index in [2.05, 4.69) is 5.32 Å². The molecular weight excluding hydrogens is 338 g/mol. The van der Waals surface area contributed by atoms with Crippen molar-refractivity contribution in [3.05, 3.63) is 28.3 Å². The fourth-order valence-electron chi connectivity index (χ4n) is 1.92. The predicted octanol–water partition coefficient (Wildman–Crippen LogP) is 1.28. The summed E-state index contributed by atoms with van der Waals surface area (Å²) in [5.74, 6) is -0.398. The van der Waals surface area contributed by atoms with E-state index in [4.69, 9.17) is 4.74 Å². The molecule has 0 bridgehead atoms. The van der Waals surface area contributed by atoms with Gasteiger partial charge in [0, 0.05) is 18.2 Å². The number of non-ortho nitro benzene ring substituents is 1. The molecule has 0 heterocycles. The Hall–Kier alpha value is -2.36. The van der Waals surface area contributed by atoms with Crippen LogP contribution >= 0.6 is 0 Å². The summed E-state index contributed by atoms with van der Waals surface area (Å²) in [5, 5.41) is 13.6. The molecule has 1 aromatic rings. The van der Waals surface area contributed by atoms with Crippen molar-refractivity contribution >= 4 is 27.3 Å². The Morgan fingerprint density at radius 1 is 1.46 bits per heavy atom. The molecule has 1 rings (SSSR count). The largest absolute Gasteiger partial charge is 0.495 e. The lowest BCUT2D eigenvalue weighted by atomic mass is 10.2. The van der Waals surface area contributed by atoms with Crippen molar-refractivity contribution in [3.63, 3.8) is 0 Å². The second kappa shape index (κ2) is 7.95. The molecule has 0 spiro atoms. The summed E-state index contributed by atoms with van der Waals surface area (Å²) in [6.07, 6.45) is 1.60. The minimum Gasteiger partial charge on any atom is -0.495 e. The van der Waals surface area contributed by atoms with Crippen LogP contribution in [0.3, 0.4) is 0 Å². The Morgan fingerprint density at radius 2 is 2.08 bits per heavy atom. The Bertz CT molecular complexity index is 719. The number of rotatable bonds is 8. The van der Waals surface area contributed by atoms with Crippen molar-refractivity contribution in [2.75, 3.05) is 24.2 Å². The van der Waals surface area contributed by atoms with E-state index in [1.165, 1.54) is 19.2 Å². The molecule has 10 heteroatoms. The van der Waals surface area contributed by atoms with Gasteiger partial charge < -0.3 is 10.1 Å². The Morgan fingerprint density at radius 3 is 2.54 bits per heavy atom. The zero-order valence-corrected chi connectivity index (χ0v) is 14.8. The first-order valence-electron chi connectivity index (χ1n) is 7.19. The molecule has 24 heavy (non-hydrogen) atoms. The quantitative estimate of drug-likeness (QED) is 0.552. The Kier molecular flexibility index (Phi) is 6.52. The molecule has 0 aromatic heterocycles. The molecule has 0 aliphatic heterocycles. The number of carbonyl (C=O) groups excluding carboxylic acids is 1. The van der Waals surface area contributed by atoms with Gasteiger partial charge in [-0.2, -0.15) is 0 Å². The van der Waals surface area contributed by atoms with E-state index in [1.54, 1.807) is 6.92 Å². The fraction of sp³-hybridized carbons (Fsp3) is 0.500. The molecule has 1 aromatic carbocycles. The number of ether oxygens (including phenoxy) is 1. The van der Waals surface area contributed by atoms with Crippen molar-refractivity contribution in [2.24, 2.45) is 0 Å². The predicted molar refractivity (Wildman–Crippen MR) is 89.7 cm³/mol. The SMILES string of the molecule is CCC(C)NC(=O)CN(c1cc([N+](=O)[O-])ccc1OC)S(C)(=O)=O. The van der Waals surface area contributed by atoms with Crippen molar-refractivity contribution < 1.29 is 22.9 Å². The molecule has 0 aliphatic carbocycles. The van der Waals surface area contributed by atoms with Crippen LogP contribution in [0.2, 0.25) is 0 Å². The summed E-state index contributed by atoms with van der Waals surface area (Å²) in [4.78, 5) is 22.4. The highest BCUT2D eigenvalue weighted by atomic mass is 32.2. The topological polar surface area (TPSA) is 119 Å². The van der Waals surface area contributed by atoms with Gasteiger partial charge in [0.05, 0.1) is 18.3 Å². The number of carbonyl (C=O) groups is 1. The smallest absolute Gasteiger partial charge is 0.271 e. The van der Waals surface area contributed by atoms with E-state index >= 15 is 0 Å². The fourth-order valence-corrected chi connectivity index (χ4v) is 2.77. The second-order valence-electron chi connectivity index (χ2n) is 5.26. The monoisotopic (exact) mass is 359 g/mol. The summed E-state index contributed by atoms with van der Waals surface area (Å²) >= 11 is 0. The summed E-state index contributed by atoms with van der Waals surface area (Å²) in [6, 6.07) is 3.43. The van der Waals surface area contributed by atoms with Crippen LogP contribution in [0.15, 0.2) is 18.2 Å². The second-order valence-corrected chi connectivity index (χ2v) is 7.17. The lowest BCUT2D eigenvalue weighted by Gasteiger charge is -2.24. The van der Waals surface area contributed by atoms with Crippen molar-refractivity contribution in [1.29, 1.82) is 0 Å². The first-order valence-corrected chi connectivity index (χ1v) is 9.04. The number of hydrogen-bond acceptors (Lipinski definition) is 6. The number of sulfonamides is 1. The number of hydrogen-bond donors (Lipinski definition) is 1. The van der Waals surface area contributed by atoms with E-state index in [0.29, 0.717) is 6.42 Å². The maximum absolute atomic E-state index is 12.1. The third-order valence-electron chi connectivity index (χ3n) is 3.35. The third kappa shape index (κ3) is 5.08. The van der Waals surface area contributed by atoms with Gasteiger partial charge >= 0.3 is 0 Å². The maximum atomic E-state index is 12.1. The molecule has 9 nitrogen and oxygen atoms in total. The maximum Gasteiger partial charge on any atom is 0.271 e. The van der Waals surface area contributed by atoms with Crippen LogP contribution < -0.4 is 14.4 Å². The number of amides is 1. The molecular formula is C14H21N3O6S. The van der Waals surface area contributed by atoms with Crippen LogP contribution in [0, 0.1) is 10.1 Å². The van der Waals surface area contributed by atoms with E-state index in [1.807, 2.05) is 6.92 Å². The molecule has 1 atom stereocenters. The Labute approximate surface area is 140 Å². The molecule has 1 amide bonds. The van der Waals surface area contributed by atoms with E-state index in [0.717, 1.165) is 16.6 Å². The van der Waals surface area contributed by atoms with Crippen LogP contribution in [-0.2, 0) is 14.8 Å². The zero-order chi connectivity index (χ0) is 18.5. The summed E-state index contributed by atoms with van der Waals surface area (Å²) in [5.41, 5.74) is -0.365. The van der Waals surface area contributed by atoms with Gasteiger partial charge in [-0.25, -0.2) is 8.42 Å². The number of anilines is 1. The first kappa shape index (κ1) is 19.7. The highest BCUT2D eigenvalue weighted by Crippen LogP contribution is 2.33. The minimum absolute atomic E-state index is 0.0616. The van der Waals surface area contributed by atoms with E-state index < -0.39 is 27.4 Å². The molecule has 0 radical (unpaired) electrons. The van der Waals surface area contributed by atoms with Crippen LogP contribution in [0.5, 0.6) is 5.75 Å². The number of methoxy groups -OCH3 is 1. The number of nitrogens with zero attached hydrogens (tertiary/aromatic N) is 2. The summed E-state index contributed by atoms with van der Waals surface area (Å²) < 4.78 is 30.1. The highest BCUT2D eigenvalue weighted by Gasteiger charge is 2.26. The lowest BCUT2D eigenvalue weighted by Crippen LogP contribution is -2.43. The van der Waals surface area contributed by atoms with Gasteiger partial charge in [0.25, 0.3) is 5.69 Å². The molecule has 0 fully saturated rings. The van der Waals surface area contributed by atoms with Crippen molar-refractivity contribution in [3.8, 4) is 5.75 Å². The standard InChI is InChI=1S/C14H21N3O6S/c1-5-10(2)15-14(18)9-16(24(4,21)22)12-8-11(17(19)20)6-7-13(12)23-3/h6-8,10H,5,9H2,1-4H3,(H,15,18). The van der Waals surface area contributed by atoms with Crippen molar-refractivity contribution in [2.45, 2.75) is 26.3 Å². The van der Waals surface area contributed by atoms with Gasteiger partial charge in [-0.15, -0.1) is 0 Å². The summed E-state index contributed by atoms with van der Waals surface area (Å²) in [7, 11) is -2.55. The normalized spacial score (nSPS) is 12.3. The lowest BCUT2D eigenvalue weighted by molar-refractivity contribution is -0.384. The third-order valence-corrected chi connectivity index (χ3v) is 4.48. The van der Waals surface area contributed by atoms with Crippen LogP contribution in [0.4, 0.5) is 11.4 Å². The Balaban J connectivity index is 3.29. The molecule has 0 aliphatic rings. The molecule has 0 saturated heterocycles. The zero-order valence-electron chi connectivity index (χ0n) is 14.0. The summed E-state index contributed by atoms with van der Waals surface area (Å²) in [6.45, 7) is 3.17. The van der Waals surface area contributed by atoms with Crippen LogP contribution in [-0.4, -0.2) is 45.2 Å². The minimum atomic E-state index is -3.86. The van der Waals surface area contributed by atoms with Crippen LogP contribution in [0.1, 0.15) is 20.3 Å². The average molecular weight is 359 g/mol. The highest BCUT2D eigenvalue weighted by molar-refractivity contribution is 7.92. The number of nitrogens with one attached hydrogen (secondary N) is 1. The molecule has 1 N–H and O–H groups in total. The molecule has 134 valence electrons. The number of benzene rings is 1. The van der Waals surface area contributed by atoms with Gasteiger partial charge in [-0.05, 0) is 19.4 Å². The number of nitro benzene ring substituents is 1. The average Bonchev–Trinajstić information content (AvgIpc) is 2.50. The van der Waals surface area contributed by atoms with Gasteiger partial charge in [0.2, 0.25) is 15.9 Å². The van der Waals surface area contributed by atoms with Gasteiger partial charge in [0.15, 0.2) is 0 Å². The van der Waals surface area contributed by atoms with Crippen LogP contribution in [0.25, 0.3) is 0 Å². The number of nitro groups is 1. The molecule has 1 unspecified atom stereocenters. The van der Waals surface area contributed by atoms with Gasteiger partial charge in [0.1, 0.15) is 18.0 Å². The first-order chi connectivity index (χ1) is 11.1. The van der Waals surface area contributed by atoms with Crippen molar-refractivity contribution in [1.82, 2.24) is 5.32 Å². The van der Waals surface area contributed by atoms with Gasteiger partial charge in [-0.3, -0.25) is 19.2 Å². The molecule has 0 saturated carbocycles. The van der Waals surface area contributed by atoms with Gasteiger partial charge in [-0.1, -0.05) is 6.92 Å².